The summed E-state index contributed by atoms with van der Waals surface area (Å²) in [5.41, 5.74) is 1.73. The zero-order valence-electron chi connectivity index (χ0n) is 14.1. The van der Waals surface area contributed by atoms with E-state index in [1.54, 1.807) is 13.1 Å². The van der Waals surface area contributed by atoms with Crippen LogP contribution in [0.15, 0.2) is 53.7 Å². The van der Waals surface area contributed by atoms with Gasteiger partial charge in [-0.3, -0.25) is 9.39 Å². The highest BCUT2D eigenvalue weighted by Crippen LogP contribution is 2.05. The number of benzene rings is 1. The van der Waals surface area contributed by atoms with Crippen LogP contribution in [0.5, 0.6) is 0 Å². The van der Waals surface area contributed by atoms with Crippen LogP contribution in [0.4, 0.5) is 4.39 Å². The molecule has 2 heterocycles. The number of hydrogen-bond donors (Lipinski definition) is 2. The fraction of sp³-hybridized carbons (Fsp3) is 0.278. The van der Waals surface area contributed by atoms with Gasteiger partial charge in [-0.25, -0.2) is 4.39 Å². The lowest BCUT2D eigenvalue weighted by atomic mass is 10.2. The van der Waals surface area contributed by atoms with Gasteiger partial charge in [-0.1, -0.05) is 18.2 Å². The number of aliphatic imine (C=N–C) groups is 1. The molecule has 0 bridgehead atoms. The molecule has 0 atom stereocenters. The van der Waals surface area contributed by atoms with Gasteiger partial charge in [-0.05, 0) is 36.2 Å². The number of aryl methyl sites for hydroxylation is 1. The molecule has 0 radical (unpaired) electrons. The maximum Gasteiger partial charge on any atom is 0.191 e. The average molecular weight is 340 g/mol. The second-order valence-electron chi connectivity index (χ2n) is 5.63. The molecule has 0 aliphatic rings. The van der Waals surface area contributed by atoms with Gasteiger partial charge in [-0.15, -0.1) is 10.2 Å². The van der Waals surface area contributed by atoms with Crippen molar-refractivity contribution in [1.29, 1.82) is 0 Å². The SMILES string of the molecule is CN=C(NCCCc1nnc2ccccn12)NCc1cccc(F)c1. The summed E-state index contributed by atoms with van der Waals surface area (Å²) in [7, 11) is 1.72. The van der Waals surface area contributed by atoms with Crippen molar-refractivity contribution >= 4 is 11.6 Å². The Hall–Kier alpha value is -2.96. The topological polar surface area (TPSA) is 66.6 Å². The molecule has 7 heteroatoms. The third-order valence-corrected chi connectivity index (χ3v) is 3.83. The Morgan fingerprint density at radius 3 is 2.92 bits per heavy atom. The van der Waals surface area contributed by atoms with E-state index in [1.807, 2.05) is 34.9 Å². The zero-order chi connectivity index (χ0) is 17.5. The molecule has 0 fully saturated rings. The smallest absolute Gasteiger partial charge is 0.191 e. The number of hydrogen-bond acceptors (Lipinski definition) is 3. The molecule has 1 aromatic carbocycles. The van der Waals surface area contributed by atoms with Crippen LogP contribution in [0.25, 0.3) is 5.65 Å². The number of aromatic nitrogens is 3. The number of nitrogens with one attached hydrogen (secondary N) is 2. The average Bonchev–Trinajstić information content (AvgIpc) is 3.04. The van der Waals surface area contributed by atoms with Crippen LogP contribution < -0.4 is 10.6 Å². The molecular formula is C18H21FN6. The summed E-state index contributed by atoms with van der Waals surface area (Å²) in [6.07, 6.45) is 3.69. The van der Waals surface area contributed by atoms with Crippen LogP contribution in [0.3, 0.4) is 0 Å². The van der Waals surface area contributed by atoms with E-state index in [0.29, 0.717) is 12.5 Å². The van der Waals surface area contributed by atoms with Crippen LogP contribution in [-0.4, -0.2) is 34.2 Å². The largest absolute Gasteiger partial charge is 0.356 e. The minimum Gasteiger partial charge on any atom is -0.356 e. The highest BCUT2D eigenvalue weighted by Gasteiger charge is 2.04. The lowest BCUT2D eigenvalue weighted by Gasteiger charge is -2.11. The van der Waals surface area contributed by atoms with Crippen molar-refractivity contribution in [2.24, 2.45) is 4.99 Å². The minimum atomic E-state index is -0.234. The maximum atomic E-state index is 13.2. The van der Waals surface area contributed by atoms with Crippen LogP contribution in [0.2, 0.25) is 0 Å². The van der Waals surface area contributed by atoms with Crippen LogP contribution in [0, 0.1) is 5.82 Å². The molecular weight excluding hydrogens is 319 g/mol. The molecule has 0 saturated carbocycles. The molecule has 0 saturated heterocycles. The molecule has 0 unspecified atom stereocenters. The normalized spacial score (nSPS) is 11.7. The van der Waals surface area contributed by atoms with Crippen molar-refractivity contribution in [3.05, 3.63) is 65.9 Å². The molecule has 0 aliphatic carbocycles. The van der Waals surface area contributed by atoms with Gasteiger partial charge in [0.15, 0.2) is 11.6 Å². The van der Waals surface area contributed by atoms with Crippen molar-refractivity contribution in [2.75, 3.05) is 13.6 Å². The first-order chi connectivity index (χ1) is 12.3. The number of rotatable bonds is 6. The van der Waals surface area contributed by atoms with Gasteiger partial charge in [0.25, 0.3) is 0 Å². The first kappa shape index (κ1) is 16.9. The van der Waals surface area contributed by atoms with Crippen LogP contribution in [0.1, 0.15) is 17.8 Å². The van der Waals surface area contributed by atoms with Crippen molar-refractivity contribution in [1.82, 2.24) is 25.2 Å². The van der Waals surface area contributed by atoms with Crippen LogP contribution >= 0.6 is 0 Å². The molecule has 3 aromatic rings. The van der Waals surface area contributed by atoms with Crippen molar-refractivity contribution < 1.29 is 4.39 Å². The summed E-state index contributed by atoms with van der Waals surface area (Å²) >= 11 is 0. The molecule has 2 N–H and O–H groups in total. The van der Waals surface area contributed by atoms with Crippen molar-refractivity contribution in [3.63, 3.8) is 0 Å². The Morgan fingerprint density at radius 2 is 2.08 bits per heavy atom. The Bertz CT molecular complexity index is 857. The van der Waals surface area contributed by atoms with E-state index < -0.39 is 0 Å². The fourth-order valence-corrected chi connectivity index (χ4v) is 2.57. The van der Waals surface area contributed by atoms with E-state index in [2.05, 4.69) is 25.8 Å². The lowest BCUT2D eigenvalue weighted by molar-refractivity contribution is 0.624. The first-order valence-electron chi connectivity index (χ1n) is 8.24. The Kier molecular flexibility index (Phi) is 5.56. The molecule has 0 spiro atoms. The maximum absolute atomic E-state index is 13.2. The standard InChI is InChI=1S/C18H21FN6/c1-20-18(22-13-14-6-4-7-15(19)12-14)21-10-5-9-17-24-23-16-8-2-3-11-25(16)17/h2-4,6-8,11-12H,5,9-10,13H2,1H3,(H2,20,21,22). The monoisotopic (exact) mass is 340 g/mol. The quantitative estimate of drug-likeness (QED) is 0.410. The highest BCUT2D eigenvalue weighted by molar-refractivity contribution is 5.79. The number of guanidine groups is 1. The van der Waals surface area contributed by atoms with E-state index >= 15 is 0 Å². The van der Waals surface area contributed by atoms with Crippen molar-refractivity contribution in [3.8, 4) is 0 Å². The third kappa shape index (κ3) is 4.53. The van der Waals surface area contributed by atoms with E-state index in [4.69, 9.17) is 0 Å². The highest BCUT2D eigenvalue weighted by atomic mass is 19.1. The first-order valence-corrected chi connectivity index (χ1v) is 8.24. The van der Waals surface area contributed by atoms with Gasteiger partial charge in [0.05, 0.1) is 0 Å². The number of pyridine rings is 1. The van der Waals surface area contributed by atoms with Gasteiger partial charge in [0, 0.05) is 32.8 Å². The molecule has 0 amide bonds. The van der Waals surface area contributed by atoms with Gasteiger partial charge in [-0.2, -0.15) is 0 Å². The second kappa shape index (κ2) is 8.23. The molecule has 130 valence electrons. The zero-order valence-corrected chi connectivity index (χ0v) is 14.1. The van der Waals surface area contributed by atoms with E-state index in [-0.39, 0.29) is 5.82 Å². The summed E-state index contributed by atoms with van der Waals surface area (Å²) in [6, 6.07) is 12.4. The minimum absolute atomic E-state index is 0.234. The van der Waals surface area contributed by atoms with Gasteiger partial charge >= 0.3 is 0 Å². The Morgan fingerprint density at radius 1 is 1.16 bits per heavy atom. The summed E-state index contributed by atoms with van der Waals surface area (Å²) < 4.78 is 15.2. The molecule has 2 aromatic heterocycles. The summed E-state index contributed by atoms with van der Waals surface area (Å²) in [5.74, 6) is 1.40. The van der Waals surface area contributed by atoms with Gasteiger partial charge in [0.2, 0.25) is 0 Å². The lowest BCUT2D eigenvalue weighted by Crippen LogP contribution is -2.37. The van der Waals surface area contributed by atoms with E-state index in [1.165, 1.54) is 12.1 Å². The predicted molar refractivity (Wildman–Crippen MR) is 95.9 cm³/mol. The third-order valence-electron chi connectivity index (χ3n) is 3.83. The van der Waals surface area contributed by atoms with Gasteiger partial charge in [0.1, 0.15) is 11.6 Å². The predicted octanol–water partition coefficient (Wildman–Crippen LogP) is 2.17. The van der Waals surface area contributed by atoms with Gasteiger partial charge < -0.3 is 10.6 Å². The van der Waals surface area contributed by atoms with E-state index in [9.17, 15) is 4.39 Å². The van der Waals surface area contributed by atoms with E-state index in [0.717, 1.165) is 36.4 Å². The molecule has 25 heavy (non-hydrogen) atoms. The number of nitrogens with zero attached hydrogens (tertiary/aromatic N) is 4. The van der Waals surface area contributed by atoms with Crippen LogP contribution in [-0.2, 0) is 13.0 Å². The number of halogens is 1. The molecule has 3 rings (SSSR count). The fourth-order valence-electron chi connectivity index (χ4n) is 2.57. The summed E-state index contributed by atoms with van der Waals surface area (Å²) in [5, 5.41) is 14.8. The summed E-state index contributed by atoms with van der Waals surface area (Å²) in [4.78, 5) is 4.18. The molecule has 6 nitrogen and oxygen atoms in total. The van der Waals surface area contributed by atoms with Crippen molar-refractivity contribution in [2.45, 2.75) is 19.4 Å². The Labute approximate surface area is 145 Å². The Balaban J connectivity index is 1.44. The molecule has 0 aliphatic heterocycles. The number of fused-ring (bicyclic) bond motifs is 1. The second-order valence-corrected chi connectivity index (χ2v) is 5.63. The summed E-state index contributed by atoms with van der Waals surface area (Å²) in [6.45, 7) is 1.27.